The van der Waals surface area contributed by atoms with E-state index in [4.69, 9.17) is 15.3 Å². The molecule has 1 rings (SSSR count). The first-order chi connectivity index (χ1) is 4.52. The molecule has 3 N–H and O–H groups in total. The van der Waals surface area contributed by atoms with E-state index >= 15 is 0 Å². The molecule has 0 fully saturated rings. The number of aliphatic hydroxyl groups is 3. The Hall–Kier alpha value is -0.800. The summed E-state index contributed by atoms with van der Waals surface area (Å²) in [5.41, 5.74) is 0. The third kappa shape index (κ3) is 1.20. The molecule has 10 heavy (non-hydrogen) atoms. The second-order valence-corrected chi connectivity index (χ2v) is 2.50. The topological polar surface area (TPSA) is 60.7 Å². The standard InChI is InChI=1S/C7H10O3/c1-5-2-3-6(8)4-7(5,9)10/h2-5,8-10H,1H3. The van der Waals surface area contributed by atoms with Gasteiger partial charge in [0.05, 0.1) is 0 Å². The average molecular weight is 142 g/mol. The lowest BCUT2D eigenvalue weighted by Crippen LogP contribution is -2.34. The van der Waals surface area contributed by atoms with Gasteiger partial charge in [-0.15, -0.1) is 0 Å². The third-order valence-corrected chi connectivity index (χ3v) is 1.59. The highest BCUT2D eigenvalue weighted by molar-refractivity contribution is 5.22. The molecule has 0 saturated heterocycles. The van der Waals surface area contributed by atoms with Gasteiger partial charge in [0, 0.05) is 12.0 Å². The van der Waals surface area contributed by atoms with Gasteiger partial charge in [0.15, 0.2) is 5.79 Å². The highest BCUT2D eigenvalue weighted by atomic mass is 16.5. The number of rotatable bonds is 0. The third-order valence-electron chi connectivity index (χ3n) is 1.59. The van der Waals surface area contributed by atoms with Gasteiger partial charge in [-0.3, -0.25) is 0 Å². The predicted octanol–water partition coefficient (Wildman–Crippen LogP) is 0.315. The normalized spacial score (nSPS) is 29.9. The van der Waals surface area contributed by atoms with Crippen molar-refractivity contribution in [3.05, 3.63) is 24.0 Å². The van der Waals surface area contributed by atoms with E-state index in [0.29, 0.717) is 0 Å². The van der Waals surface area contributed by atoms with Gasteiger partial charge < -0.3 is 15.3 Å². The van der Waals surface area contributed by atoms with Gasteiger partial charge in [-0.05, 0) is 6.08 Å². The molecule has 0 aromatic carbocycles. The Morgan fingerprint density at radius 2 is 2.10 bits per heavy atom. The van der Waals surface area contributed by atoms with Crippen molar-refractivity contribution in [2.75, 3.05) is 0 Å². The molecule has 0 heterocycles. The Morgan fingerprint density at radius 3 is 2.50 bits per heavy atom. The van der Waals surface area contributed by atoms with Crippen LogP contribution in [0.3, 0.4) is 0 Å². The summed E-state index contributed by atoms with van der Waals surface area (Å²) in [7, 11) is 0. The summed E-state index contributed by atoms with van der Waals surface area (Å²) in [6.45, 7) is 1.65. The smallest absolute Gasteiger partial charge is 0.192 e. The Bertz CT molecular complexity index is 191. The van der Waals surface area contributed by atoms with E-state index in [0.717, 1.165) is 6.08 Å². The summed E-state index contributed by atoms with van der Waals surface area (Å²) in [5, 5.41) is 27.0. The lowest BCUT2D eigenvalue weighted by molar-refractivity contribution is -0.145. The molecule has 0 radical (unpaired) electrons. The fraction of sp³-hybridized carbons (Fsp3) is 0.429. The van der Waals surface area contributed by atoms with Crippen LogP contribution in [0.15, 0.2) is 24.0 Å². The quantitative estimate of drug-likeness (QED) is 0.427. The Morgan fingerprint density at radius 1 is 1.50 bits per heavy atom. The van der Waals surface area contributed by atoms with Crippen molar-refractivity contribution >= 4 is 0 Å². The molecule has 0 amide bonds. The van der Waals surface area contributed by atoms with E-state index in [1.54, 1.807) is 6.92 Å². The summed E-state index contributed by atoms with van der Waals surface area (Å²) in [6.07, 6.45) is 3.99. The van der Waals surface area contributed by atoms with E-state index < -0.39 is 5.79 Å². The van der Waals surface area contributed by atoms with Gasteiger partial charge in [-0.25, -0.2) is 0 Å². The minimum Gasteiger partial charge on any atom is -0.508 e. The molecule has 0 aromatic rings. The molecule has 1 unspecified atom stereocenters. The molecule has 3 nitrogen and oxygen atoms in total. The van der Waals surface area contributed by atoms with Crippen molar-refractivity contribution in [2.24, 2.45) is 5.92 Å². The van der Waals surface area contributed by atoms with Crippen LogP contribution in [-0.2, 0) is 0 Å². The highest BCUT2D eigenvalue weighted by Crippen LogP contribution is 2.22. The van der Waals surface area contributed by atoms with E-state index in [1.165, 1.54) is 12.2 Å². The van der Waals surface area contributed by atoms with Crippen LogP contribution in [0.5, 0.6) is 0 Å². The van der Waals surface area contributed by atoms with Crippen molar-refractivity contribution in [3.8, 4) is 0 Å². The molecule has 56 valence electrons. The molecule has 1 atom stereocenters. The van der Waals surface area contributed by atoms with Crippen molar-refractivity contribution in [2.45, 2.75) is 12.7 Å². The SMILES string of the molecule is CC1C=CC(O)=CC1(O)O. The first-order valence-corrected chi connectivity index (χ1v) is 3.07. The summed E-state index contributed by atoms with van der Waals surface area (Å²) in [6, 6.07) is 0. The van der Waals surface area contributed by atoms with Crippen molar-refractivity contribution in [1.82, 2.24) is 0 Å². The monoisotopic (exact) mass is 142 g/mol. The molecule has 1 aliphatic carbocycles. The fourth-order valence-electron chi connectivity index (χ4n) is 0.782. The molecular formula is C7H10O3. The van der Waals surface area contributed by atoms with Gasteiger partial charge in [0.25, 0.3) is 0 Å². The van der Waals surface area contributed by atoms with Gasteiger partial charge in [0.2, 0.25) is 0 Å². The number of aliphatic hydroxyl groups excluding tert-OH is 1. The maximum absolute atomic E-state index is 9.08. The van der Waals surface area contributed by atoms with E-state index in [-0.39, 0.29) is 11.7 Å². The van der Waals surface area contributed by atoms with Crippen molar-refractivity contribution in [1.29, 1.82) is 0 Å². The van der Waals surface area contributed by atoms with Crippen LogP contribution in [0.25, 0.3) is 0 Å². The molecule has 1 aliphatic rings. The van der Waals surface area contributed by atoms with Crippen molar-refractivity contribution < 1.29 is 15.3 Å². The van der Waals surface area contributed by atoms with Gasteiger partial charge in [-0.2, -0.15) is 0 Å². The highest BCUT2D eigenvalue weighted by Gasteiger charge is 2.29. The fourth-order valence-corrected chi connectivity index (χ4v) is 0.782. The zero-order valence-electron chi connectivity index (χ0n) is 5.65. The lowest BCUT2D eigenvalue weighted by Gasteiger charge is -2.25. The first kappa shape index (κ1) is 7.31. The maximum Gasteiger partial charge on any atom is 0.192 e. The van der Waals surface area contributed by atoms with E-state index in [2.05, 4.69) is 0 Å². The maximum atomic E-state index is 9.08. The van der Waals surface area contributed by atoms with Gasteiger partial charge >= 0.3 is 0 Å². The van der Waals surface area contributed by atoms with E-state index in [9.17, 15) is 0 Å². The second kappa shape index (κ2) is 2.11. The largest absolute Gasteiger partial charge is 0.508 e. The summed E-state index contributed by atoms with van der Waals surface area (Å²) in [5.74, 6) is -2.37. The predicted molar refractivity (Wildman–Crippen MR) is 36.2 cm³/mol. The van der Waals surface area contributed by atoms with Crippen LogP contribution in [-0.4, -0.2) is 21.1 Å². The van der Waals surface area contributed by atoms with Crippen LogP contribution >= 0.6 is 0 Å². The summed E-state index contributed by atoms with van der Waals surface area (Å²) >= 11 is 0. The molecule has 3 heteroatoms. The summed E-state index contributed by atoms with van der Waals surface area (Å²) in [4.78, 5) is 0. The Kier molecular flexibility index (Phi) is 1.54. The van der Waals surface area contributed by atoms with E-state index in [1.807, 2.05) is 0 Å². The second-order valence-electron chi connectivity index (χ2n) is 2.50. The molecule has 0 aromatic heterocycles. The first-order valence-electron chi connectivity index (χ1n) is 3.07. The zero-order valence-corrected chi connectivity index (χ0v) is 5.65. The number of allylic oxidation sites excluding steroid dienone is 1. The van der Waals surface area contributed by atoms with Crippen LogP contribution in [0.4, 0.5) is 0 Å². The van der Waals surface area contributed by atoms with Crippen LogP contribution < -0.4 is 0 Å². The molecule has 0 spiro atoms. The molecule has 0 saturated carbocycles. The summed E-state index contributed by atoms with van der Waals surface area (Å²) < 4.78 is 0. The zero-order chi connectivity index (χ0) is 7.78. The molecule has 0 aliphatic heterocycles. The van der Waals surface area contributed by atoms with Crippen LogP contribution in [0, 0.1) is 5.92 Å². The van der Waals surface area contributed by atoms with Crippen molar-refractivity contribution in [3.63, 3.8) is 0 Å². The lowest BCUT2D eigenvalue weighted by atomic mass is 9.95. The number of hydrogen-bond acceptors (Lipinski definition) is 3. The van der Waals surface area contributed by atoms with Gasteiger partial charge in [0.1, 0.15) is 5.76 Å². The Labute approximate surface area is 58.9 Å². The Balaban J connectivity index is 2.88. The van der Waals surface area contributed by atoms with Crippen LogP contribution in [0.2, 0.25) is 0 Å². The minimum atomic E-state index is -1.89. The molecular weight excluding hydrogens is 132 g/mol. The minimum absolute atomic E-state index is 0.108. The van der Waals surface area contributed by atoms with Gasteiger partial charge in [-0.1, -0.05) is 13.0 Å². The number of hydrogen-bond donors (Lipinski definition) is 3. The molecule has 0 bridgehead atoms. The average Bonchev–Trinajstić information content (AvgIpc) is 1.78. The van der Waals surface area contributed by atoms with Crippen LogP contribution in [0.1, 0.15) is 6.92 Å².